The Kier molecular flexibility index (Phi) is 4.81. The van der Waals surface area contributed by atoms with Crippen LogP contribution in [0.1, 0.15) is 10.4 Å². The molecule has 0 bridgehead atoms. The van der Waals surface area contributed by atoms with Gasteiger partial charge in [0, 0.05) is 40.4 Å². The van der Waals surface area contributed by atoms with Crippen molar-refractivity contribution in [2.75, 3.05) is 12.3 Å². The number of nitro groups is 1. The molecular weight excluding hydrogens is 326 g/mol. The molecule has 0 spiro atoms. The third-order valence-electron chi connectivity index (χ3n) is 3.54. The first-order valence-corrected chi connectivity index (χ1v) is 8.36. The maximum absolute atomic E-state index is 12.1. The average Bonchev–Trinajstić information content (AvgIpc) is 3.01. The second-order valence-corrected chi connectivity index (χ2v) is 6.21. The molecule has 0 saturated heterocycles. The number of aromatic nitrogens is 1. The molecule has 0 aliphatic heterocycles. The maximum Gasteiger partial charge on any atom is 0.282 e. The minimum absolute atomic E-state index is 0.0830. The molecule has 24 heavy (non-hydrogen) atoms. The van der Waals surface area contributed by atoms with Crippen LogP contribution < -0.4 is 5.32 Å². The number of amides is 1. The molecule has 6 nitrogen and oxygen atoms in total. The van der Waals surface area contributed by atoms with Crippen molar-refractivity contribution in [3.8, 4) is 0 Å². The zero-order chi connectivity index (χ0) is 16.9. The van der Waals surface area contributed by atoms with Gasteiger partial charge < -0.3 is 10.3 Å². The summed E-state index contributed by atoms with van der Waals surface area (Å²) >= 11 is 1.62. The summed E-state index contributed by atoms with van der Waals surface area (Å²) in [5, 5.41) is 14.8. The van der Waals surface area contributed by atoms with Crippen molar-refractivity contribution in [1.82, 2.24) is 10.3 Å². The Hall–Kier alpha value is -2.80. The van der Waals surface area contributed by atoms with Crippen molar-refractivity contribution in [3.05, 3.63) is 70.4 Å². The number of para-hydroxylation sites is 2. The first-order valence-electron chi connectivity index (χ1n) is 7.37. The number of fused-ring (bicyclic) bond motifs is 1. The third-order valence-corrected chi connectivity index (χ3v) is 4.60. The van der Waals surface area contributed by atoms with Crippen molar-refractivity contribution in [1.29, 1.82) is 0 Å². The summed E-state index contributed by atoms with van der Waals surface area (Å²) < 4.78 is 0. The number of carbonyl (C=O) groups is 1. The van der Waals surface area contributed by atoms with Gasteiger partial charge in [-0.15, -0.1) is 11.8 Å². The molecule has 122 valence electrons. The molecule has 0 radical (unpaired) electrons. The van der Waals surface area contributed by atoms with E-state index >= 15 is 0 Å². The predicted octanol–water partition coefficient (Wildman–Crippen LogP) is 3.60. The molecule has 2 aromatic carbocycles. The first kappa shape index (κ1) is 16.1. The number of hydrogen-bond donors (Lipinski definition) is 2. The van der Waals surface area contributed by atoms with Gasteiger partial charge >= 0.3 is 0 Å². The number of nitro benzene ring substituents is 1. The van der Waals surface area contributed by atoms with E-state index in [1.807, 2.05) is 30.5 Å². The standard InChI is InChI=1S/C17H15N3O3S/c21-17(13-6-2-4-8-15(13)20(22)23)18-9-10-24-16-11-19-14-7-3-1-5-12(14)16/h1-8,11,19H,9-10H2,(H,18,21). The molecular formula is C17H15N3O3S. The minimum Gasteiger partial charge on any atom is -0.360 e. The van der Waals surface area contributed by atoms with E-state index in [2.05, 4.69) is 10.3 Å². The molecule has 1 aromatic heterocycles. The van der Waals surface area contributed by atoms with Crippen molar-refractivity contribution in [3.63, 3.8) is 0 Å². The Morgan fingerprint density at radius 1 is 1.17 bits per heavy atom. The van der Waals surface area contributed by atoms with E-state index in [9.17, 15) is 14.9 Å². The number of aromatic amines is 1. The molecule has 0 aliphatic rings. The molecule has 0 aliphatic carbocycles. The zero-order valence-corrected chi connectivity index (χ0v) is 13.5. The number of benzene rings is 2. The van der Waals surface area contributed by atoms with Crippen LogP contribution in [-0.4, -0.2) is 28.1 Å². The van der Waals surface area contributed by atoms with Crippen LogP contribution in [-0.2, 0) is 0 Å². The minimum atomic E-state index is -0.546. The fourth-order valence-corrected chi connectivity index (χ4v) is 3.31. The summed E-state index contributed by atoms with van der Waals surface area (Å²) in [5.74, 6) is 0.246. The van der Waals surface area contributed by atoms with Crippen LogP contribution in [0.25, 0.3) is 10.9 Å². The lowest BCUT2D eigenvalue weighted by Crippen LogP contribution is -2.26. The lowest BCUT2D eigenvalue weighted by molar-refractivity contribution is -0.385. The number of H-pyrrole nitrogens is 1. The molecule has 0 fully saturated rings. The van der Waals surface area contributed by atoms with Gasteiger partial charge in [-0.05, 0) is 12.1 Å². The van der Waals surface area contributed by atoms with Crippen molar-refractivity contribution >= 4 is 34.3 Å². The molecule has 3 rings (SSSR count). The molecule has 0 unspecified atom stereocenters. The third kappa shape index (κ3) is 3.41. The summed E-state index contributed by atoms with van der Waals surface area (Å²) in [7, 11) is 0. The lowest BCUT2D eigenvalue weighted by atomic mass is 10.1. The second-order valence-electron chi connectivity index (χ2n) is 5.08. The Morgan fingerprint density at radius 3 is 2.75 bits per heavy atom. The summed E-state index contributed by atoms with van der Waals surface area (Å²) in [6.07, 6.45) is 1.94. The molecule has 1 amide bonds. The number of rotatable bonds is 6. The van der Waals surface area contributed by atoms with Crippen LogP contribution in [0.5, 0.6) is 0 Å². The Morgan fingerprint density at radius 2 is 1.92 bits per heavy atom. The molecule has 0 atom stereocenters. The van der Waals surface area contributed by atoms with Crippen molar-refractivity contribution in [2.45, 2.75) is 4.90 Å². The van der Waals surface area contributed by atoms with Crippen LogP contribution in [0.15, 0.2) is 59.6 Å². The fraction of sp³-hybridized carbons (Fsp3) is 0.118. The summed E-state index contributed by atoms with van der Waals surface area (Å²) in [5.41, 5.74) is 0.975. The van der Waals surface area contributed by atoms with Gasteiger partial charge in [0.25, 0.3) is 11.6 Å². The van der Waals surface area contributed by atoms with Gasteiger partial charge in [0.05, 0.1) is 4.92 Å². The fourth-order valence-electron chi connectivity index (χ4n) is 2.41. The van der Waals surface area contributed by atoms with E-state index in [4.69, 9.17) is 0 Å². The average molecular weight is 341 g/mol. The molecule has 0 saturated carbocycles. The number of carbonyl (C=O) groups excluding carboxylic acids is 1. The summed E-state index contributed by atoms with van der Waals surface area (Å²) in [4.78, 5) is 26.8. The Labute approximate surface area is 142 Å². The molecule has 2 N–H and O–H groups in total. The predicted molar refractivity (Wildman–Crippen MR) is 94.5 cm³/mol. The number of nitrogens with zero attached hydrogens (tertiary/aromatic N) is 1. The Balaban J connectivity index is 1.57. The number of thioether (sulfide) groups is 1. The normalized spacial score (nSPS) is 10.7. The van der Waals surface area contributed by atoms with Crippen LogP contribution in [0.4, 0.5) is 5.69 Å². The van der Waals surface area contributed by atoms with Crippen LogP contribution in [0, 0.1) is 10.1 Å². The number of hydrogen-bond acceptors (Lipinski definition) is 4. The first-order chi connectivity index (χ1) is 11.7. The Bertz CT molecular complexity index is 891. The van der Waals surface area contributed by atoms with Crippen LogP contribution >= 0.6 is 11.8 Å². The van der Waals surface area contributed by atoms with Crippen LogP contribution in [0.2, 0.25) is 0 Å². The van der Waals surface area contributed by atoms with Crippen molar-refractivity contribution in [2.24, 2.45) is 0 Å². The van der Waals surface area contributed by atoms with E-state index in [0.717, 1.165) is 15.8 Å². The van der Waals surface area contributed by atoms with E-state index in [1.165, 1.54) is 12.1 Å². The van der Waals surface area contributed by atoms with E-state index in [1.54, 1.807) is 23.9 Å². The van der Waals surface area contributed by atoms with Gasteiger partial charge in [0.15, 0.2) is 0 Å². The van der Waals surface area contributed by atoms with Gasteiger partial charge in [-0.1, -0.05) is 30.3 Å². The monoisotopic (exact) mass is 341 g/mol. The van der Waals surface area contributed by atoms with E-state index in [-0.39, 0.29) is 11.3 Å². The van der Waals surface area contributed by atoms with E-state index < -0.39 is 10.8 Å². The molecule has 7 heteroatoms. The van der Waals surface area contributed by atoms with E-state index in [0.29, 0.717) is 12.3 Å². The quantitative estimate of drug-likeness (QED) is 0.310. The molecule has 3 aromatic rings. The van der Waals surface area contributed by atoms with Gasteiger partial charge in [0.2, 0.25) is 0 Å². The summed E-state index contributed by atoms with van der Waals surface area (Å²) in [6.45, 7) is 0.426. The van der Waals surface area contributed by atoms with Crippen LogP contribution in [0.3, 0.4) is 0 Å². The number of nitrogens with one attached hydrogen (secondary N) is 2. The summed E-state index contributed by atoms with van der Waals surface area (Å²) in [6, 6.07) is 14.0. The topological polar surface area (TPSA) is 88.0 Å². The molecule has 1 heterocycles. The maximum atomic E-state index is 12.1. The van der Waals surface area contributed by atoms with Gasteiger partial charge in [-0.2, -0.15) is 0 Å². The highest BCUT2D eigenvalue weighted by Gasteiger charge is 2.18. The van der Waals surface area contributed by atoms with Gasteiger partial charge in [-0.3, -0.25) is 14.9 Å². The SMILES string of the molecule is O=C(NCCSc1c[nH]c2ccccc12)c1ccccc1[N+](=O)[O-]. The van der Waals surface area contributed by atoms with Crippen molar-refractivity contribution < 1.29 is 9.72 Å². The highest BCUT2D eigenvalue weighted by molar-refractivity contribution is 7.99. The largest absolute Gasteiger partial charge is 0.360 e. The lowest BCUT2D eigenvalue weighted by Gasteiger charge is -2.05. The highest BCUT2D eigenvalue weighted by Crippen LogP contribution is 2.27. The second kappa shape index (κ2) is 7.18. The zero-order valence-electron chi connectivity index (χ0n) is 12.7. The van der Waals surface area contributed by atoms with Gasteiger partial charge in [0.1, 0.15) is 5.56 Å². The smallest absolute Gasteiger partial charge is 0.282 e. The van der Waals surface area contributed by atoms with Gasteiger partial charge in [-0.25, -0.2) is 0 Å². The highest BCUT2D eigenvalue weighted by atomic mass is 32.2.